The van der Waals surface area contributed by atoms with E-state index in [-0.39, 0.29) is 10.8 Å². The number of carbonyl (C=O) groups is 1. The molecule has 30 heavy (non-hydrogen) atoms. The first-order chi connectivity index (χ1) is 14.2. The van der Waals surface area contributed by atoms with Crippen LogP contribution in [0.15, 0.2) is 71.6 Å². The maximum atomic E-state index is 12.9. The Morgan fingerprint density at radius 3 is 2.23 bits per heavy atom. The van der Waals surface area contributed by atoms with E-state index in [1.165, 1.54) is 26.3 Å². The Kier molecular flexibility index (Phi) is 6.34. The number of carbonyl (C=O) groups excluding carboxylic acids is 1. The molecule has 0 aliphatic heterocycles. The number of benzene rings is 3. The highest BCUT2D eigenvalue weighted by molar-refractivity contribution is 7.92. The number of nitrogens with one attached hydrogen (secondary N) is 1. The Labute approximate surface area is 181 Å². The number of anilines is 2. The van der Waals surface area contributed by atoms with Gasteiger partial charge in [-0.25, -0.2) is 8.42 Å². The van der Waals surface area contributed by atoms with Crippen LogP contribution in [0.25, 0.3) is 0 Å². The fraction of sp³-hybridized carbons (Fsp3) is 0.136. The Hall–Kier alpha value is -3.03. The molecular formula is C22H21ClN2O4S. The van der Waals surface area contributed by atoms with Gasteiger partial charge in [-0.05, 0) is 73.2 Å². The molecule has 3 rings (SSSR count). The second kappa shape index (κ2) is 8.77. The summed E-state index contributed by atoms with van der Waals surface area (Å²) >= 11 is 6.09. The first kappa shape index (κ1) is 21.7. The number of methoxy groups -OCH3 is 1. The van der Waals surface area contributed by atoms with Gasteiger partial charge in [0.2, 0.25) is 0 Å². The van der Waals surface area contributed by atoms with Crippen LogP contribution in [0.2, 0.25) is 5.02 Å². The summed E-state index contributed by atoms with van der Waals surface area (Å²) in [6, 6.07) is 17.7. The Balaban J connectivity index is 1.78. The first-order valence-corrected chi connectivity index (χ1v) is 10.9. The summed E-state index contributed by atoms with van der Waals surface area (Å²) in [4.78, 5) is 12.7. The molecule has 1 amide bonds. The third-order valence-corrected chi connectivity index (χ3v) is 6.94. The van der Waals surface area contributed by atoms with Gasteiger partial charge in [-0.2, -0.15) is 0 Å². The predicted molar refractivity (Wildman–Crippen MR) is 119 cm³/mol. The number of hydrogen-bond donors (Lipinski definition) is 1. The van der Waals surface area contributed by atoms with E-state index in [1.54, 1.807) is 54.6 Å². The molecule has 0 aliphatic carbocycles. The summed E-state index contributed by atoms with van der Waals surface area (Å²) in [5.74, 6) is 0.259. The minimum atomic E-state index is -3.75. The van der Waals surface area contributed by atoms with E-state index in [0.29, 0.717) is 27.7 Å². The van der Waals surface area contributed by atoms with Crippen LogP contribution in [0.3, 0.4) is 0 Å². The molecule has 0 atom stereocenters. The SMILES string of the molecule is COc1ccc(S(=O)(=O)N(C)c2ccc(C(=O)Nc3cccc(Cl)c3C)cc2)cc1. The van der Waals surface area contributed by atoms with E-state index >= 15 is 0 Å². The highest BCUT2D eigenvalue weighted by Gasteiger charge is 2.21. The van der Waals surface area contributed by atoms with Gasteiger partial charge >= 0.3 is 0 Å². The second-order valence-corrected chi connectivity index (χ2v) is 8.94. The zero-order valence-corrected chi connectivity index (χ0v) is 18.3. The van der Waals surface area contributed by atoms with E-state index in [4.69, 9.17) is 16.3 Å². The topological polar surface area (TPSA) is 75.7 Å². The molecule has 0 aromatic heterocycles. The molecule has 0 radical (unpaired) electrons. The number of hydrogen-bond acceptors (Lipinski definition) is 4. The van der Waals surface area contributed by atoms with Gasteiger partial charge in [-0.1, -0.05) is 17.7 Å². The molecule has 1 N–H and O–H groups in total. The number of ether oxygens (including phenoxy) is 1. The van der Waals surface area contributed by atoms with Gasteiger partial charge in [0.1, 0.15) is 5.75 Å². The minimum absolute atomic E-state index is 0.143. The smallest absolute Gasteiger partial charge is 0.264 e. The van der Waals surface area contributed by atoms with Crippen molar-refractivity contribution in [2.45, 2.75) is 11.8 Å². The number of rotatable bonds is 6. The highest BCUT2D eigenvalue weighted by Crippen LogP contribution is 2.26. The van der Waals surface area contributed by atoms with Crippen LogP contribution >= 0.6 is 11.6 Å². The molecule has 0 fully saturated rings. The molecular weight excluding hydrogens is 424 g/mol. The molecule has 0 saturated carbocycles. The van der Waals surface area contributed by atoms with E-state index in [2.05, 4.69) is 5.32 Å². The van der Waals surface area contributed by atoms with Gasteiger partial charge in [0, 0.05) is 23.3 Å². The Bertz CT molecular complexity index is 1160. The fourth-order valence-electron chi connectivity index (χ4n) is 2.80. The highest BCUT2D eigenvalue weighted by atomic mass is 35.5. The Morgan fingerprint density at radius 2 is 1.63 bits per heavy atom. The van der Waals surface area contributed by atoms with Crippen molar-refractivity contribution in [1.29, 1.82) is 0 Å². The van der Waals surface area contributed by atoms with Crippen molar-refractivity contribution < 1.29 is 17.9 Å². The maximum Gasteiger partial charge on any atom is 0.264 e. The molecule has 0 unspecified atom stereocenters. The lowest BCUT2D eigenvalue weighted by atomic mass is 10.1. The van der Waals surface area contributed by atoms with E-state index < -0.39 is 10.0 Å². The zero-order valence-electron chi connectivity index (χ0n) is 16.7. The van der Waals surface area contributed by atoms with Gasteiger partial charge < -0.3 is 10.1 Å². The van der Waals surface area contributed by atoms with Gasteiger partial charge in [-0.3, -0.25) is 9.10 Å². The van der Waals surface area contributed by atoms with Crippen molar-refractivity contribution in [3.05, 3.63) is 82.9 Å². The molecule has 3 aromatic carbocycles. The van der Waals surface area contributed by atoms with Crippen molar-refractivity contribution in [2.24, 2.45) is 0 Å². The van der Waals surface area contributed by atoms with Crippen LogP contribution in [-0.4, -0.2) is 28.5 Å². The van der Waals surface area contributed by atoms with E-state index in [9.17, 15) is 13.2 Å². The van der Waals surface area contributed by atoms with E-state index in [0.717, 1.165) is 9.87 Å². The molecule has 0 heterocycles. The normalized spacial score (nSPS) is 11.1. The standard InChI is InChI=1S/C22H21ClN2O4S/c1-15-20(23)5-4-6-21(15)24-22(26)16-7-9-17(10-8-16)25(2)30(27,28)19-13-11-18(29-3)12-14-19/h4-14H,1-3H3,(H,24,26). The molecule has 0 saturated heterocycles. The number of sulfonamides is 1. The minimum Gasteiger partial charge on any atom is -0.497 e. The molecule has 8 heteroatoms. The lowest BCUT2D eigenvalue weighted by Gasteiger charge is -2.20. The molecule has 6 nitrogen and oxygen atoms in total. The van der Waals surface area contributed by atoms with Gasteiger partial charge in [0.15, 0.2) is 0 Å². The first-order valence-electron chi connectivity index (χ1n) is 9.03. The molecule has 0 bridgehead atoms. The van der Waals surface area contributed by atoms with Crippen LogP contribution in [0.4, 0.5) is 11.4 Å². The number of amides is 1. The molecule has 156 valence electrons. The number of nitrogens with zero attached hydrogens (tertiary/aromatic N) is 1. The van der Waals surface area contributed by atoms with Crippen molar-refractivity contribution in [3.8, 4) is 5.75 Å². The van der Waals surface area contributed by atoms with Crippen molar-refractivity contribution in [3.63, 3.8) is 0 Å². The average molecular weight is 445 g/mol. The number of halogens is 1. The quantitative estimate of drug-likeness (QED) is 0.596. The van der Waals surface area contributed by atoms with Gasteiger partial charge in [-0.15, -0.1) is 0 Å². The summed E-state index contributed by atoms with van der Waals surface area (Å²) in [5.41, 5.74) is 2.22. The van der Waals surface area contributed by atoms with Crippen molar-refractivity contribution >= 4 is 38.9 Å². The van der Waals surface area contributed by atoms with E-state index in [1.807, 2.05) is 6.92 Å². The van der Waals surface area contributed by atoms with Crippen LogP contribution < -0.4 is 14.4 Å². The molecule has 3 aromatic rings. The third kappa shape index (κ3) is 4.42. The largest absolute Gasteiger partial charge is 0.497 e. The van der Waals surface area contributed by atoms with Gasteiger partial charge in [0.05, 0.1) is 17.7 Å². The van der Waals surface area contributed by atoms with Crippen LogP contribution in [0, 0.1) is 6.92 Å². The second-order valence-electron chi connectivity index (χ2n) is 6.56. The maximum absolute atomic E-state index is 12.9. The summed E-state index contributed by atoms with van der Waals surface area (Å²) in [6.45, 7) is 1.82. The van der Waals surface area contributed by atoms with Crippen LogP contribution in [0.1, 0.15) is 15.9 Å². The van der Waals surface area contributed by atoms with Crippen LogP contribution in [-0.2, 0) is 10.0 Å². The fourth-order valence-corrected chi connectivity index (χ4v) is 4.17. The monoisotopic (exact) mass is 444 g/mol. The predicted octanol–water partition coefficient (Wildman–Crippen LogP) is 4.73. The zero-order chi connectivity index (χ0) is 21.9. The summed E-state index contributed by atoms with van der Waals surface area (Å²) in [5, 5.41) is 3.38. The Morgan fingerprint density at radius 1 is 1.00 bits per heavy atom. The average Bonchev–Trinajstić information content (AvgIpc) is 2.76. The molecule has 0 spiro atoms. The van der Waals surface area contributed by atoms with Gasteiger partial charge in [0.25, 0.3) is 15.9 Å². The molecule has 0 aliphatic rings. The van der Waals surface area contributed by atoms with Crippen LogP contribution in [0.5, 0.6) is 5.75 Å². The lowest BCUT2D eigenvalue weighted by molar-refractivity contribution is 0.102. The van der Waals surface area contributed by atoms with Crippen molar-refractivity contribution in [2.75, 3.05) is 23.8 Å². The lowest BCUT2D eigenvalue weighted by Crippen LogP contribution is -2.26. The summed E-state index contributed by atoms with van der Waals surface area (Å²) < 4.78 is 31.9. The third-order valence-electron chi connectivity index (χ3n) is 4.73. The summed E-state index contributed by atoms with van der Waals surface area (Å²) in [7, 11) is -0.769. The summed E-state index contributed by atoms with van der Waals surface area (Å²) in [6.07, 6.45) is 0. The van der Waals surface area contributed by atoms with Crippen molar-refractivity contribution in [1.82, 2.24) is 0 Å².